The number of rotatable bonds is 10. The van der Waals surface area contributed by atoms with Crippen LogP contribution in [0.3, 0.4) is 0 Å². The van der Waals surface area contributed by atoms with Gasteiger partial charge in [0.15, 0.2) is 0 Å². The maximum atomic E-state index is 3.39. The monoisotopic (exact) mass is 632 g/mol. The Morgan fingerprint density at radius 1 is 0.592 bits per heavy atom. The van der Waals surface area contributed by atoms with E-state index in [4.69, 9.17) is 0 Å². The van der Waals surface area contributed by atoms with Crippen molar-refractivity contribution >= 4 is 35.3 Å². The van der Waals surface area contributed by atoms with Gasteiger partial charge in [-0.1, -0.05) is 115 Å². The van der Waals surface area contributed by atoms with Crippen molar-refractivity contribution in [3.05, 3.63) is 214 Å². The molecule has 0 saturated carbocycles. The van der Waals surface area contributed by atoms with Crippen LogP contribution >= 0.6 is 0 Å². The van der Waals surface area contributed by atoms with Crippen LogP contribution in [-0.4, -0.2) is 0 Å². The standard InChI is InChI=1S/C47H40N2/c1-37-36-40(23-22-38-26-32-46(33-27-38)48(42-14-6-2-7-15-42)43-16-8-3-9-17-43)25-31-41(37)30-24-39-28-34-47(35-29-39)49(44-18-10-4-11-19-44)45-20-12-5-13-21-45/h2-4,6-10,12,14-18,20-26,28-32,34-36H,5,11,13,19H2,1H3/b23-22+,30-24+. The normalized spacial score (nSPS) is 15.3. The highest BCUT2D eigenvalue weighted by atomic mass is 15.2. The maximum Gasteiger partial charge on any atom is 0.0973 e. The molecule has 0 radical (unpaired) electrons. The predicted molar refractivity (Wildman–Crippen MR) is 209 cm³/mol. The Balaban J connectivity index is 1.05. The van der Waals surface area contributed by atoms with Gasteiger partial charge in [0, 0.05) is 34.0 Å². The second kappa shape index (κ2) is 15.2. The lowest BCUT2D eigenvalue weighted by Crippen LogP contribution is -2.22. The van der Waals surface area contributed by atoms with Crippen LogP contribution in [0.1, 0.15) is 47.9 Å². The van der Waals surface area contributed by atoms with Gasteiger partial charge in [-0.3, -0.25) is 0 Å². The average molecular weight is 633 g/mol. The Bertz CT molecular complexity index is 2080. The molecule has 0 N–H and O–H groups in total. The number of allylic oxidation sites excluding steroid dienone is 11. The summed E-state index contributed by atoms with van der Waals surface area (Å²) in [6.07, 6.45) is 30.8. The van der Waals surface area contributed by atoms with E-state index in [1.54, 1.807) is 0 Å². The lowest BCUT2D eigenvalue weighted by atomic mass is 10.0. The van der Waals surface area contributed by atoms with Gasteiger partial charge in [-0.05, 0) is 127 Å². The third-order valence-electron chi connectivity index (χ3n) is 8.89. The molecule has 238 valence electrons. The predicted octanol–water partition coefficient (Wildman–Crippen LogP) is 12.4. The maximum absolute atomic E-state index is 3.39. The van der Waals surface area contributed by atoms with Crippen molar-refractivity contribution in [1.82, 2.24) is 0 Å². The lowest BCUT2D eigenvalue weighted by Gasteiger charge is -2.30. The molecule has 2 heteroatoms. The van der Waals surface area contributed by atoms with Gasteiger partial charge in [0.1, 0.15) is 0 Å². The highest BCUT2D eigenvalue weighted by Gasteiger charge is 2.17. The van der Waals surface area contributed by atoms with Crippen molar-refractivity contribution in [2.24, 2.45) is 0 Å². The highest BCUT2D eigenvalue weighted by Crippen LogP contribution is 2.32. The van der Waals surface area contributed by atoms with Crippen molar-refractivity contribution < 1.29 is 0 Å². The molecule has 0 bridgehead atoms. The van der Waals surface area contributed by atoms with E-state index in [0.717, 1.165) is 53.9 Å². The van der Waals surface area contributed by atoms with E-state index in [1.165, 1.54) is 33.8 Å². The fraction of sp³-hybridized carbons (Fsp3) is 0.106. The van der Waals surface area contributed by atoms with Gasteiger partial charge in [-0.2, -0.15) is 0 Å². The summed E-state index contributed by atoms with van der Waals surface area (Å²) in [5.74, 6) is 0. The second-order valence-corrected chi connectivity index (χ2v) is 12.4. The van der Waals surface area contributed by atoms with Gasteiger partial charge in [-0.25, -0.2) is 0 Å². The van der Waals surface area contributed by atoms with Gasteiger partial charge >= 0.3 is 0 Å². The molecule has 7 rings (SSSR count). The molecule has 0 unspecified atom stereocenters. The summed E-state index contributed by atoms with van der Waals surface area (Å²) >= 11 is 0. The summed E-state index contributed by atoms with van der Waals surface area (Å²) in [6.45, 7) is 2.17. The van der Waals surface area contributed by atoms with Crippen LogP contribution in [0.25, 0.3) is 18.2 Å². The molecule has 0 aromatic heterocycles. The molecule has 4 aromatic carbocycles. The first-order valence-electron chi connectivity index (χ1n) is 17.1. The molecule has 0 saturated heterocycles. The van der Waals surface area contributed by atoms with Crippen molar-refractivity contribution in [2.45, 2.75) is 32.6 Å². The summed E-state index contributed by atoms with van der Waals surface area (Å²) in [6, 6.07) is 36.3. The molecule has 49 heavy (non-hydrogen) atoms. The van der Waals surface area contributed by atoms with Crippen LogP contribution in [0.4, 0.5) is 17.1 Å². The molecular weight excluding hydrogens is 593 g/mol. The van der Waals surface area contributed by atoms with Crippen LogP contribution in [0, 0.1) is 6.92 Å². The third kappa shape index (κ3) is 7.75. The van der Waals surface area contributed by atoms with E-state index in [2.05, 4.69) is 192 Å². The quantitative estimate of drug-likeness (QED) is 0.127. The van der Waals surface area contributed by atoms with Gasteiger partial charge in [-0.15, -0.1) is 0 Å². The van der Waals surface area contributed by atoms with E-state index < -0.39 is 0 Å². The summed E-state index contributed by atoms with van der Waals surface area (Å²) < 4.78 is 0. The lowest BCUT2D eigenvalue weighted by molar-refractivity contribution is 0.887. The van der Waals surface area contributed by atoms with Crippen LogP contribution in [0.2, 0.25) is 0 Å². The van der Waals surface area contributed by atoms with Crippen molar-refractivity contribution in [3.63, 3.8) is 0 Å². The Labute approximate surface area is 291 Å². The minimum Gasteiger partial charge on any atom is -0.315 e. The number of aryl methyl sites for hydroxylation is 1. The summed E-state index contributed by atoms with van der Waals surface area (Å²) in [7, 11) is 0. The van der Waals surface area contributed by atoms with Gasteiger partial charge < -0.3 is 9.80 Å². The largest absolute Gasteiger partial charge is 0.315 e. The molecule has 0 spiro atoms. The Morgan fingerprint density at radius 2 is 1.31 bits per heavy atom. The number of anilines is 3. The Kier molecular flexibility index (Phi) is 9.82. The topological polar surface area (TPSA) is 6.48 Å². The molecule has 0 atom stereocenters. The number of hydrogen-bond acceptors (Lipinski definition) is 2. The first-order valence-corrected chi connectivity index (χ1v) is 17.1. The van der Waals surface area contributed by atoms with Crippen molar-refractivity contribution in [2.75, 3.05) is 9.80 Å². The van der Waals surface area contributed by atoms with Crippen LogP contribution in [0.5, 0.6) is 0 Å². The minimum atomic E-state index is 0.950. The van der Waals surface area contributed by atoms with E-state index >= 15 is 0 Å². The minimum absolute atomic E-state index is 0.950. The van der Waals surface area contributed by atoms with Gasteiger partial charge in [0.25, 0.3) is 0 Å². The molecular formula is C47H40N2. The Morgan fingerprint density at radius 3 is 1.94 bits per heavy atom. The van der Waals surface area contributed by atoms with E-state index in [0.29, 0.717) is 0 Å². The van der Waals surface area contributed by atoms with Crippen molar-refractivity contribution in [3.8, 4) is 0 Å². The second-order valence-electron chi connectivity index (χ2n) is 12.4. The van der Waals surface area contributed by atoms with Crippen molar-refractivity contribution in [1.29, 1.82) is 0 Å². The molecule has 2 nitrogen and oxygen atoms in total. The van der Waals surface area contributed by atoms with Crippen LogP contribution in [0.15, 0.2) is 192 Å². The molecule has 0 aliphatic heterocycles. The average Bonchev–Trinajstić information content (AvgIpc) is 3.17. The summed E-state index contributed by atoms with van der Waals surface area (Å²) in [5.41, 5.74) is 19.5. The van der Waals surface area contributed by atoms with Crippen LogP contribution in [-0.2, 0) is 0 Å². The number of hydrogen-bond donors (Lipinski definition) is 0. The SMILES string of the molecule is Cc1cc(/C=C/C2=C=C=C(N(c3ccccc3)c3ccccc3)C=C2)ccc1/C=C/c1ccc(N(C2=CCCC=C2)C2=CC=CCC2)cc1. The smallest absolute Gasteiger partial charge is 0.0973 e. The fourth-order valence-corrected chi connectivity index (χ4v) is 6.32. The molecule has 3 aliphatic rings. The number of nitrogens with zero attached hydrogens (tertiary/aromatic N) is 2. The van der Waals surface area contributed by atoms with Gasteiger partial charge in [0.05, 0.1) is 5.70 Å². The molecule has 0 fully saturated rings. The fourth-order valence-electron chi connectivity index (χ4n) is 6.32. The molecule has 0 amide bonds. The first-order chi connectivity index (χ1) is 24.2. The molecule has 4 aromatic rings. The third-order valence-corrected chi connectivity index (χ3v) is 8.89. The molecule has 3 aliphatic carbocycles. The first kappa shape index (κ1) is 31.6. The zero-order chi connectivity index (χ0) is 33.3. The van der Waals surface area contributed by atoms with E-state index in [9.17, 15) is 0 Å². The van der Waals surface area contributed by atoms with Crippen LogP contribution < -0.4 is 9.80 Å². The number of benzene rings is 4. The summed E-state index contributed by atoms with van der Waals surface area (Å²) in [4.78, 5) is 4.61. The zero-order valence-electron chi connectivity index (χ0n) is 28.0. The summed E-state index contributed by atoms with van der Waals surface area (Å²) in [5, 5.41) is 0. The van der Waals surface area contributed by atoms with E-state index in [-0.39, 0.29) is 0 Å². The highest BCUT2D eigenvalue weighted by molar-refractivity contribution is 5.74. The molecule has 0 heterocycles. The zero-order valence-corrected chi connectivity index (χ0v) is 28.0. The number of para-hydroxylation sites is 2. The van der Waals surface area contributed by atoms with Gasteiger partial charge in [0.2, 0.25) is 0 Å². The Hall–Kier alpha value is -6.04. The van der Waals surface area contributed by atoms with E-state index in [1.807, 2.05) is 12.1 Å².